The van der Waals surface area contributed by atoms with E-state index in [1.165, 1.54) is 5.06 Å². The van der Waals surface area contributed by atoms with Gasteiger partial charge in [0.05, 0.1) is 18.5 Å². The first-order valence-electron chi connectivity index (χ1n) is 10.6. The minimum Gasteiger partial charge on any atom is -0.366 e. The van der Waals surface area contributed by atoms with E-state index in [9.17, 15) is 9.59 Å². The lowest BCUT2D eigenvalue weighted by Crippen LogP contribution is -2.37. The summed E-state index contributed by atoms with van der Waals surface area (Å²) in [6.07, 6.45) is 10.3. The highest BCUT2D eigenvalue weighted by molar-refractivity contribution is 5.94. The highest BCUT2D eigenvalue weighted by atomic mass is 16.7. The number of hydrogen-bond donors (Lipinski definition) is 1. The third kappa shape index (κ3) is 4.36. The first-order valence-corrected chi connectivity index (χ1v) is 10.6. The number of primary amides is 1. The minimum absolute atomic E-state index is 0.0160. The Bertz CT molecular complexity index is 910. The summed E-state index contributed by atoms with van der Waals surface area (Å²) in [5, 5.41) is 1.54. The molecular weight excluding hydrogens is 380 g/mol. The standard InChI is InChI=1S/C23H28N4O3/c1-15-2-3-17(13-19(15)22(24)28)12-16-4-6-18(7-5-16)23(29)27-21(8-11-30-27)20-14-25-9-10-26-20/h2-3,9-10,13-14,16,18,21H,4-8,11-12H2,1H3,(H2,24,28)/t16-,18-,21-/m0/s1. The van der Waals surface area contributed by atoms with Crippen molar-refractivity contribution in [2.75, 3.05) is 6.61 Å². The van der Waals surface area contributed by atoms with Crippen molar-refractivity contribution in [3.63, 3.8) is 0 Å². The van der Waals surface area contributed by atoms with Gasteiger partial charge in [-0.2, -0.15) is 0 Å². The van der Waals surface area contributed by atoms with Gasteiger partial charge in [-0.3, -0.25) is 24.4 Å². The van der Waals surface area contributed by atoms with Gasteiger partial charge in [-0.1, -0.05) is 12.1 Å². The molecule has 30 heavy (non-hydrogen) atoms. The zero-order chi connectivity index (χ0) is 21.1. The van der Waals surface area contributed by atoms with Crippen molar-refractivity contribution in [1.29, 1.82) is 0 Å². The summed E-state index contributed by atoms with van der Waals surface area (Å²) in [6.45, 7) is 2.42. The molecule has 0 spiro atoms. The molecule has 4 rings (SSSR count). The summed E-state index contributed by atoms with van der Waals surface area (Å²) in [4.78, 5) is 38.9. The van der Waals surface area contributed by atoms with Gasteiger partial charge in [-0.05, 0) is 62.1 Å². The van der Waals surface area contributed by atoms with Crippen LogP contribution in [-0.4, -0.2) is 33.5 Å². The molecule has 7 heteroatoms. The molecule has 1 aromatic carbocycles. The molecule has 1 aromatic heterocycles. The van der Waals surface area contributed by atoms with Crippen molar-refractivity contribution < 1.29 is 14.4 Å². The van der Waals surface area contributed by atoms with Crippen LogP contribution in [0.15, 0.2) is 36.8 Å². The zero-order valence-corrected chi connectivity index (χ0v) is 17.3. The van der Waals surface area contributed by atoms with Crippen LogP contribution < -0.4 is 5.73 Å². The molecule has 1 aliphatic heterocycles. The SMILES string of the molecule is Cc1ccc(C[C@H]2CC[C@H](C(=O)N3OCC[C@H]3c3cnccn3)CC2)cc1C(N)=O. The van der Waals surface area contributed by atoms with E-state index in [-0.39, 0.29) is 23.8 Å². The van der Waals surface area contributed by atoms with Crippen molar-refractivity contribution >= 4 is 11.8 Å². The van der Waals surface area contributed by atoms with Crippen LogP contribution >= 0.6 is 0 Å². The van der Waals surface area contributed by atoms with Gasteiger partial charge >= 0.3 is 0 Å². The van der Waals surface area contributed by atoms with E-state index in [1.807, 2.05) is 19.1 Å². The van der Waals surface area contributed by atoms with E-state index in [4.69, 9.17) is 10.6 Å². The van der Waals surface area contributed by atoms with Gasteiger partial charge in [0.25, 0.3) is 0 Å². The summed E-state index contributed by atoms with van der Waals surface area (Å²) in [6, 6.07) is 5.80. The van der Waals surface area contributed by atoms with E-state index >= 15 is 0 Å². The van der Waals surface area contributed by atoms with E-state index in [1.54, 1.807) is 18.6 Å². The largest absolute Gasteiger partial charge is 0.366 e. The number of nitrogens with two attached hydrogens (primary N) is 1. The second-order valence-electron chi connectivity index (χ2n) is 8.37. The Kier molecular flexibility index (Phi) is 6.08. The first-order chi connectivity index (χ1) is 14.5. The van der Waals surface area contributed by atoms with Gasteiger partial charge < -0.3 is 5.73 Å². The molecule has 2 aliphatic rings. The van der Waals surface area contributed by atoms with Crippen LogP contribution in [0.4, 0.5) is 0 Å². The molecule has 2 aromatic rings. The summed E-state index contributed by atoms with van der Waals surface area (Å²) >= 11 is 0. The van der Waals surface area contributed by atoms with Crippen LogP contribution in [0, 0.1) is 18.8 Å². The molecule has 2 fully saturated rings. The van der Waals surface area contributed by atoms with Gasteiger partial charge in [-0.15, -0.1) is 0 Å². The average molecular weight is 409 g/mol. The fraction of sp³-hybridized carbons (Fsp3) is 0.478. The van der Waals surface area contributed by atoms with Gasteiger partial charge in [0.1, 0.15) is 6.04 Å². The molecule has 2 N–H and O–H groups in total. The number of hydrogen-bond acceptors (Lipinski definition) is 5. The normalized spacial score (nSPS) is 24.0. The fourth-order valence-electron chi connectivity index (χ4n) is 4.63. The smallest absolute Gasteiger partial charge is 0.249 e. The van der Waals surface area contributed by atoms with E-state index in [2.05, 4.69) is 16.0 Å². The molecule has 1 saturated heterocycles. The third-order valence-corrected chi connectivity index (χ3v) is 6.33. The highest BCUT2D eigenvalue weighted by Crippen LogP contribution is 2.36. The highest BCUT2D eigenvalue weighted by Gasteiger charge is 2.37. The predicted octanol–water partition coefficient (Wildman–Crippen LogP) is 3.14. The minimum atomic E-state index is -0.382. The molecule has 0 bridgehead atoms. The number of nitrogens with zero attached hydrogens (tertiary/aromatic N) is 3. The van der Waals surface area contributed by atoms with Crippen molar-refractivity contribution in [3.05, 3.63) is 59.2 Å². The molecule has 2 amide bonds. The van der Waals surface area contributed by atoms with Crippen LogP contribution in [0.3, 0.4) is 0 Å². The van der Waals surface area contributed by atoms with Crippen molar-refractivity contribution in [2.24, 2.45) is 17.6 Å². The Balaban J connectivity index is 1.35. The number of amides is 2. The van der Waals surface area contributed by atoms with Gasteiger partial charge in [0.2, 0.25) is 11.8 Å². The van der Waals surface area contributed by atoms with Crippen LogP contribution in [0.2, 0.25) is 0 Å². The molecule has 1 atom stereocenters. The lowest BCUT2D eigenvalue weighted by molar-refractivity contribution is -0.183. The van der Waals surface area contributed by atoms with Crippen LogP contribution in [0.5, 0.6) is 0 Å². The molecule has 0 unspecified atom stereocenters. The summed E-state index contributed by atoms with van der Waals surface area (Å²) < 4.78 is 0. The monoisotopic (exact) mass is 408 g/mol. The maximum Gasteiger partial charge on any atom is 0.249 e. The number of hydroxylamine groups is 2. The second kappa shape index (κ2) is 8.92. The lowest BCUT2D eigenvalue weighted by Gasteiger charge is -2.31. The van der Waals surface area contributed by atoms with Crippen LogP contribution in [0.25, 0.3) is 0 Å². The van der Waals surface area contributed by atoms with Gasteiger partial charge in [0, 0.05) is 30.3 Å². The number of benzene rings is 1. The number of aromatic nitrogens is 2. The Morgan fingerprint density at radius 1 is 1.17 bits per heavy atom. The Morgan fingerprint density at radius 2 is 1.97 bits per heavy atom. The predicted molar refractivity (Wildman–Crippen MR) is 111 cm³/mol. The molecule has 1 saturated carbocycles. The second-order valence-corrected chi connectivity index (χ2v) is 8.37. The lowest BCUT2D eigenvalue weighted by atomic mass is 9.78. The Labute approximate surface area is 176 Å². The van der Waals surface area contributed by atoms with Crippen molar-refractivity contribution in [1.82, 2.24) is 15.0 Å². The maximum absolute atomic E-state index is 13.1. The average Bonchev–Trinajstić information content (AvgIpc) is 3.25. The molecule has 7 nitrogen and oxygen atoms in total. The van der Waals surface area contributed by atoms with Crippen LogP contribution in [-0.2, 0) is 16.1 Å². The topological polar surface area (TPSA) is 98.4 Å². The van der Waals surface area contributed by atoms with E-state index < -0.39 is 0 Å². The molecule has 1 aliphatic carbocycles. The fourth-order valence-corrected chi connectivity index (χ4v) is 4.63. The number of carbonyl (C=O) groups is 2. The summed E-state index contributed by atoms with van der Waals surface area (Å²) in [5.74, 6) is 0.172. The molecule has 158 valence electrons. The molecule has 0 radical (unpaired) electrons. The van der Waals surface area contributed by atoms with Crippen molar-refractivity contribution in [2.45, 2.75) is 51.5 Å². The molecular formula is C23H28N4O3. The third-order valence-electron chi connectivity index (χ3n) is 6.33. The van der Waals surface area contributed by atoms with E-state index in [0.717, 1.165) is 55.3 Å². The first kappa shape index (κ1) is 20.5. The maximum atomic E-state index is 13.1. The zero-order valence-electron chi connectivity index (χ0n) is 17.3. The quantitative estimate of drug-likeness (QED) is 0.819. The Hall–Kier alpha value is -2.80. The van der Waals surface area contributed by atoms with Gasteiger partial charge in [-0.25, -0.2) is 5.06 Å². The summed E-state index contributed by atoms with van der Waals surface area (Å²) in [5.41, 5.74) is 8.89. The van der Waals surface area contributed by atoms with Gasteiger partial charge in [0.15, 0.2) is 0 Å². The summed E-state index contributed by atoms with van der Waals surface area (Å²) in [7, 11) is 0. The number of rotatable bonds is 5. The number of carbonyl (C=O) groups excluding carboxylic acids is 2. The van der Waals surface area contributed by atoms with Crippen molar-refractivity contribution in [3.8, 4) is 0 Å². The van der Waals surface area contributed by atoms with E-state index in [0.29, 0.717) is 18.1 Å². The van der Waals surface area contributed by atoms with Crippen LogP contribution in [0.1, 0.15) is 65.3 Å². The molecule has 2 heterocycles. The number of aryl methyl sites for hydroxylation is 1. The Morgan fingerprint density at radius 3 is 2.67 bits per heavy atom.